The molecule has 5 N–H and O–H groups in total. The first-order valence-electron chi connectivity index (χ1n) is 12.1. The van der Waals surface area contributed by atoms with Gasteiger partial charge in [0.05, 0.1) is 13.2 Å². The van der Waals surface area contributed by atoms with E-state index in [2.05, 4.69) is 16.0 Å². The molecule has 10 heteroatoms. The van der Waals surface area contributed by atoms with Crippen LogP contribution >= 0.6 is 0 Å². The minimum atomic E-state index is -1.27. The zero-order chi connectivity index (χ0) is 27.4. The Morgan fingerprint density at radius 2 is 1.69 bits per heavy atom. The third-order valence-corrected chi connectivity index (χ3v) is 5.41. The fourth-order valence-electron chi connectivity index (χ4n) is 3.44. The quantitative estimate of drug-likeness (QED) is 0.201. The normalized spacial score (nSPS) is 13.8. The van der Waals surface area contributed by atoms with Gasteiger partial charge in [0.15, 0.2) is 0 Å². The Morgan fingerprint density at radius 3 is 2.25 bits per heavy atom. The van der Waals surface area contributed by atoms with E-state index in [1.165, 1.54) is 30.4 Å². The maximum atomic E-state index is 13.0. The van der Waals surface area contributed by atoms with E-state index in [9.17, 15) is 29.4 Å². The van der Waals surface area contributed by atoms with Crippen molar-refractivity contribution in [3.8, 4) is 5.75 Å². The molecule has 10 nitrogen and oxygen atoms in total. The SMILES string of the molecule is CCOC(=O)/C=C/[C@H](CC(C)C)NC(=O)C(CO)NC(=O)[C@@H](NC(=O)c1cccc(O)c1C)C(C)C. The summed E-state index contributed by atoms with van der Waals surface area (Å²) in [6.45, 7) is 10.2. The third-order valence-electron chi connectivity index (χ3n) is 5.41. The van der Waals surface area contributed by atoms with Gasteiger partial charge in [-0.3, -0.25) is 14.4 Å². The van der Waals surface area contributed by atoms with Crippen LogP contribution in [0.2, 0.25) is 0 Å². The monoisotopic (exact) mass is 505 g/mol. The van der Waals surface area contributed by atoms with Crippen LogP contribution in [-0.4, -0.2) is 65.2 Å². The Morgan fingerprint density at radius 1 is 1.03 bits per heavy atom. The maximum absolute atomic E-state index is 13.0. The number of rotatable bonds is 13. The van der Waals surface area contributed by atoms with E-state index in [-0.39, 0.29) is 29.8 Å². The van der Waals surface area contributed by atoms with Crippen molar-refractivity contribution in [3.63, 3.8) is 0 Å². The average Bonchev–Trinajstić information content (AvgIpc) is 2.80. The van der Waals surface area contributed by atoms with Crippen LogP contribution in [0.1, 0.15) is 57.0 Å². The highest BCUT2D eigenvalue weighted by atomic mass is 16.5. The number of phenolic OH excluding ortho intramolecular Hbond substituents is 1. The molecule has 0 fully saturated rings. The summed E-state index contributed by atoms with van der Waals surface area (Å²) in [5.74, 6) is -2.57. The van der Waals surface area contributed by atoms with Gasteiger partial charge in [-0.1, -0.05) is 39.8 Å². The van der Waals surface area contributed by atoms with Gasteiger partial charge in [0.2, 0.25) is 11.8 Å². The predicted molar refractivity (Wildman–Crippen MR) is 135 cm³/mol. The minimum absolute atomic E-state index is 0.0434. The number of phenols is 1. The minimum Gasteiger partial charge on any atom is -0.508 e. The molecule has 0 aromatic heterocycles. The van der Waals surface area contributed by atoms with Crippen LogP contribution in [0, 0.1) is 18.8 Å². The van der Waals surface area contributed by atoms with Gasteiger partial charge < -0.3 is 30.9 Å². The molecule has 3 atom stereocenters. The lowest BCUT2D eigenvalue weighted by molar-refractivity contribution is -0.137. The van der Waals surface area contributed by atoms with Crippen LogP contribution in [0.4, 0.5) is 0 Å². The van der Waals surface area contributed by atoms with Crippen molar-refractivity contribution in [2.45, 2.75) is 66.1 Å². The number of carbonyl (C=O) groups is 4. The predicted octanol–water partition coefficient (Wildman–Crippen LogP) is 1.58. The van der Waals surface area contributed by atoms with Crippen molar-refractivity contribution >= 4 is 23.7 Å². The molecule has 0 aliphatic carbocycles. The number of esters is 1. The van der Waals surface area contributed by atoms with Gasteiger partial charge in [0.25, 0.3) is 5.91 Å². The van der Waals surface area contributed by atoms with Gasteiger partial charge in [0, 0.05) is 23.2 Å². The number of carbonyl (C=O) groups excluding carboxylic acids is 4. The number of aromatic hydroxyl groups is 1. The highest BCUT2D eigenvalue weighted by Gasteiger charge is 2.30. The summed E-state index contributed by atoms with van der Waals surface area (Å²) >= 11 is 0. The number of ether oxygens (including phenoxy) is 1. The summed E-state index contributed by atoms with van der Waals surface area (Å²) in [6, 6.07) is 1.71. The van der Waals surface area contributed by atoms with Crippen molar-refractivity contribution in [2.24, 2.45) is 11.8 Å². The molecule has 36 heavy (non-hydrogen) atoms. The van der Waals surface area contributed by atoms with Gasteiger partial charge in [-0.25, -0.2) is 4.79 Å². The first kappa shape index (κ1) is 30.6. The fraction of sp³-hybridized carbons (Fsp3) is 0.538. The van der Waals surface area contributed by atoms with Crippen molar-refractivity contribution < 1.29 is 34.1 Å². The number of nitrogens with one attached hydrogen (secondary N) is 3. The second kappa shape index (κ2) is 14.9. The van der Waals surface area contributed by atoms with E-state index in [0.29, 0.717) is 12.0 Å². The Bertz CT molecular complexity index is 943. The van der Waals surface area contributed by atoms with Crippen LogP contribution in [0.15, 0.2) is 30.4 Å². The molecule has 0 saturated heterocycles. The Hall–Kier alpha value is -3.40. The second-order valence-electron chi connectivity index (χ2n) is 9.24. The van der Waals surface area contributed by atoms with Crippen molar-refractivity contribution in [3.05, 3.63) is 41.5 Å². The molecule has 1 aromatic carbocycles. The molecular weight excluding hydrogens is 466 g/mol. The first-order chi connectivity index (χ1) is 16.9. The van der Waals surface area contributed by atoms with E-state index in [0.717, 1.165) is 0 Å². The summed E-state index contributed by atoms with van der Waals surface area (Å²) in [5, 5.41) is 27.5. The average molecular weight is 506 g/mol. The molecule has 0 spiro atoms. The third kappa shape index (κ3) is 9.69. The number of hydrogen-bond acceptors (Lipinski definition) is 7. The largest absolute Gasteiger partial charge is 0.508 e. The zero-order valence-corrected chi connectivity index (χ0v) is 21.8. The number of aliphatic hydroxyl groups excluding tert-OH is 1. The Labute approximate surface area is 212 Å². The molecule has 0 heterocycles. The Balaban J connectivity index is 2.94. The first-order valence-corrected chi connectivity index (χ1v) is 12.1. The van der Waals surface area contributed by atoms with Gasteiger partial charge in [-0.2, -0.15) is 0 Å². The highest BCUT2D eigenvalue weighted by molar-refractivity contribution is 5.99. The van der Waals surface area contributed by atoms with E-state index < -0.39 is 48.4 Å². The topological polar surface area (TPSA) is 154 Å². The van der Waals surface area contributed by atoms with E-state index in [4.69, 9.17) is 4.74 Å². The van der Waals surface area contributed by atoms with Crippen molar-refractivity contribution in [1.29, 1.82) is 0 Å². The molecule has 0 saturated carbocycles. The van der Waals surface area contributed by atoms with Crippen LogP contribution in [0.25, 0.3) is 0 Å². The smallest absolute Gasteiger partial charge is 0.330 e. The molecular formula is C26H39N3O7. The number of aliphatic hydroxyl groups is 1. The lowest BCUT2D eigenvalue weighted by Crippen LogP contribution is -2.57. The molecule has 0 bridgehead atoms. The standard InChI is InChI=1S/C26H39N3O7/c1-7-36-22(32)12-11-18(13-15(2)3)27-25(34)20(14-30)28-26(35)23(16(4)5)29-24(33)19-9-8-10-21(31)17(19)6/h8-12,15-16,18,20,23,30-31H,7,13-14H2,1-6H3,(H,27,34)(H,28,35)(H,29,33)/b12-11+/t18-,20?,23+/m1/s1. The second-order valence-corrected chi connectivity index (χ2v) is 9.24. The van der Waals surface area contributed by atoms with Crippen molar-refractivity contribution in [2.75, 3.05) is 13.2 Å². The summed E-state index contributed by atoms with van der Waals surface area (Å²) in [5.41, 5.74) is 0.590. The van der Waals surface area contributed by atoms with Crippen LogP contribution in [-0.2, 0) is 19.1 Å². The maximum Gasteiger partial charge on any atom is 0.330 e. The highest BCUT2D eigenvalue weighted by Crippen LogP contribution is 2.20. The summed E-state index contributed by atoms with van der Waals surface area (Å²) in [6.07, 6.45) is 3.26. The molecule has 1 unspecified atom stereocenters. The van der Waals surface area contributed by atoms with E-state index >= 15 is 0 Å². The van der Waals surface area contributed by atoms with Crippen LogP contribution in [0.3, 0.4) is 0 Å². The van der Waals surface area contributed by atoms with Gasteiger partial charge >= 0.3 is 5.97 Å². The fourth-order valence-corrected chi connectivity index (χ4v) is 3.44. The molecule has 0 aliphatic rings. The van der Waals surface area contributed by atoms with Gasteiger partial charge in [-0.05, 0) is 44.2 Å². The van der Waals surface area contributed by atoms with Crippen LogP contribution in [0.5, 0.6) is 5.75 Å². The van der Waals surface area contributed by atoms with E-state index in [1.54, 1.807) is 27.7 Å². The van der Waals surface area contributed by atoms with Crippen LogP contribution < -0.4 is 16.0 Å². The van der Waals surface area contributed by atoms with Crippen molar-refractivity contribution in [1.82, 2.24) is 16.0 Å². The lowest BCUT2D eigenvalue weighted by Gasteiger charge is -2.26. The lowest BCUT2D eigenvalue weighted by atomic mass is 10.0. The number of hydrogen-bond donors (Lipinski definition) is 5. The number of benzene rings is 1. The molecule has 200 valence electrons. The molecule has 1 aromatic rings. The summed E-state index contributed by atoms with van der Waals surface area (Å²) < 4.78 is 4.87. The molecule has 1 rings (SSSR count). The molecule has 0 radical (unpaired) electrons. The van der Waals surface area contributed by atoms with Gasteiger partial charge in [0.1, 0.15) is 17.8 Å². The van der Waals surface area contributed by atoms with E-state index in [1.807, 2.05) is 13.8 Å². The molecule has 3 amide bonds. The zero-order valence-electron chi connectivity index (χ0n) is 21.8. The molecule has 0 aliphatic heterocycles. The van der Waals surface area contributed by atoms with Gasteiger partial charge in [-0.15, -0.1) is 0 Å². The summed E-state index contributed by atoms with van der Waals surface area (Å²) in [4.78, 5) is 50.3. The Kier molecular flexibility index (Phi) is 12.7. The number of amides is 3. The summed E-state index contributed by atoms with van der Waals surface area (Å²) in [7, 11) is 0.